The van der Waals surface area contributed by atoms with E-state index in [9.17, 15) is 18.8 Å². The monoisotopic (exact) mass is 380 g/mol. The molecule has 3 rings (SSSR count). The largest absolute Gasteiger partial charge is 0.351 e. The molecule has 0 aliphatic carbocycles. The lowest BCUT2D eigenvalue weighted by Crippen LogP contribution is -2.43. The number of rotatable bonds is 3. The maximum Gasteiger partial charge on any atom is 0.351 e. The summed E-state index contributed by atoms with van der Waals surface area (Å²) in [6, 6.07) is 3.11. The average Bonchev–Trinajstić information content (AvgIpc) is 2.97. The number of amides is 1. The van der Waals surface area contributed by atoms with E-state index in [1.165, 1.54) is 14.1 Å². The van der Waals surface area contributed by atoms with Gasteiger partial charge in [0, 0.05) is 14.1 Å². The number of carbonyl (C=O) groups excluding carboxylic acids is 1. The summed E-state index contributed by atoms with van der Waals surface area (Å²) in [6.07, 6.45) is 0. The molecule has 0 saturated carbocycles. The van der Waals surface area contributed by atoms with E-state index in [4.69, 9.17) is 11.6 Å². The predicted octanol–water partition coefficient (Wildman–Crippen LogP) is -0.500. The van der Waals surface area contributed by atoms with Gasteiger partial charge in [0.05, 0.1) is 10.7 Å². The summed E-state index contributed by atoms with van der Waals surface area (Å²) in [5, 5.41) is 16.2. The molecule has 0 radical (unpaired) electrons. The first-order valence-electron chi connectivity index (χ1n) is 6.99. The molecule has 2 heterocycles. The summed E-state index contributed by atoms with van der Waals surface area (Å²) < 4.78 is 15.8. The van der Waals surface area contributed by atoms with Gasteiger partial charge in [-0.25, -0.2) is 23.1 Å². The highest BCUT2D eigenvalue weighted by molar-refractivity contribution is 6.32. The number of nitrogens with one attached hydrogen (secondary N) is 1. The van der Waals surface area contributed by atoms with Gasteiger partial charge in [0.1, 0.15) is 5.82 Å². The number of aryl methyl sites for hydroxylation is 2. The summed E-state index contributed by atoms with van der Waals surface area (Å²) in [5.74, 6) is -1.61. The smallest absolute Gasteiger partial charge is 0.288 e. The fraction of sp³-hybridized carbons (Fsp3) is 0.154. The minimum atomic E-state index is -1.03. The van der Waals surface area contributed by atoms with Gasteiger partial charge in [0.2, 0.25) is 11.6 Å². The van der Waals surface area contributed by atoms with Gasteiger partial charge in [-0.1, -0.05) is 16.7 Å². The minimum Gasteiger partial charge on any atom is -0.288 e. The zero-order valence-electron chi connectivity index (χ0n) is 13.3. The standard InChI is InChI=1S/C13H10ClFN8O3/c1-21-12(17-19-20-21)16-10(24)9-11(25)23(13(26)22(2)18-9)8-4-3-6(15)5-7(8)14/h3-5H,1-2H3,(H,16,17,20,24). The van der Waals surface area contributed by atoms with Gasteiger partial charge >= 0.3 is 5.69 Å². The Kier molecular flexibility index (Phi) is 4.34. The van der Waals surface area contributed by atoms with Gasteiger partial charge in [0.15, 0.2) is 0 Å². The van der Waals surface area contributed by atoms with Crippen molar-refractivity contribution in [3.8, 4) is 5.69 Å². The zero-order valence-corrected chi connectivity index (χ0v) is 14.1. The van der Waals surface area contributed by atoms with Crippen LogP contribution in [0.5, 0.6) is 0 Å². The third-order valence-corrected chi connectivity index (χ3v) is 3.64. The molecule has 11 nitrogen and oxygen atoms in total. The molecule has 13 heteroatoms. The van der Waals surface area contributed by atoms with Crippen LogP contribution in [0.1, 0.15) is 10.5 Å². The number of nitrogens with zero attached hydrogens (tertiary/aromatic N) is 7. The SMILES string of the molecule is Cn1nnnc1NC(=O)c1nn(C)c(=O)n(-c2ccc(F)cc2Cl)c1=O. The Morgan fingerprint density at radius 2 is 1.96 bits per heavy atom. The molecule has 0 saturated heterocycles. The maximum absolute atomic E-state index is 13.2. The van der Waals surface area contributed by atoms with Crippen molar-refractivity contribution in [3.05, 3.63) is 55.6 Å². The lowest BCUT2D eigenvalue weighted by atomic mass is 10.3. The molecule has 0 atom stereocenters. The molecule has 0 unspecified atom stereocenters. The topological polar surface area (TPSA) is 130 Å². The molecular formula is C13H10ClFN8O3. The van der Waals surface area contributed by atoms with Gasteiger partial charge < -0.3 is 0 Å². The van der Waals surface area contributed by atoms with Crippen LogP contribution >= 0.6 is 11.6 Å². The molecule has 1 aromatic carbocycles. The zero-order chi connectivity index (χ0) is 19.0. The lowest BCUT2D eigenvalue weighted by Gasteiger charge is -2.10. The molecule has 134 valence electrons. The van der Waals surface area contributed by atoms with Crippen molar-refractivity contribution in [1.82, 2.24) is 34.6 Å². The maximum atomic E-state index is 13.2. The molecule has 0 aliphatic heterocycles. The fourth-order valence-corrected chi connectivity index (χ4v) is 2.34. The van der Waals surface area contributed by atoms with E-state index >= 15 is 0 Å². The van der Waals surface area contributed by atoms with Crippen LogP contribution in [0.25, 0.3) is 5.69 Å². The molecule has 26 heavy (non-hydrogen) atoms. The van der Waals surface area contributed by atoms with Gasteiger partial charge in [0.25, 0.3) is 11.5 Å². The Balaban J connectivity index is 2.16. The van der Waals surface area contributed by atoms with Crippen LogP contribution in [0.15, 0.2) is 27.8 Å². The normalized spacial score (nSPS) is 10.8. The summed E-state index contributed by atoms with van der Waals surface area (Å²) in [5.41, 5.74) is -2.58. The van der Waals surface area contributed by atoms with Crippen molar-refractivity contribution in [1.29, 1.82) is 0 Å². The van der Waals surface area contributed by atoms with Gasteiger partial charge in [-0.15, -0.1) is 0 Å². The lowest BCUT2D eigenvalue weighted by molar-refractivity contribution is 0.101. The van der Waals surface area contributed by atoms with Crippen molar-refractivity contribution in [2.45, 2.75) is 0 Å². The molecule has 0 bridgehead atoms. The second-order valence-corrected chi connectivity index (χ2v) is 5.48. The van der Waals surface area contributed by atoms with Crippen molar-refractivity contribution < 1.29 is 9.18 Å². The van der Waals surface area contributed by atoms with E-state index in [1.54, 1.807) is 0 Å². The number of anilines is 1. The highest BCUT2D eigenvalue weighted by Gasteiger charge is 2.22. The van der Waals surface area contributed by atoms with Crippen LogP contribution in [-0.2, 0) is 14.1 Å². The summed E-state index contributed by atoms with van der Waals surface area (Å²) in [6.45, 7) is 0. The molecule has 3 aromatic rings. The van der Waals surface area contributed by atoms with Crippen LogP contribution in [0.2, 0.25) is 5.02 Å². The number of benzene rings is 1. The highest BCUT2D eigenvalue weighted by Crippen LogP contribution is 2.19. The van der Waals surface area contributed by atoms with Gasteiger partial charge in [-0.05, 0) is 28.6 Å². The molecule has 0 spiro atoms. The van der Waals surface area contributed by atoms with Crippen LogP contribution in [0.4, 0.5) is 10.3 Å². The Labute approximate surface area is 148 Å². The van der Waals surface area contributed by atoms with Crippen molar-refractivity contribution in [2.24, 2.45) is 14.1 Å². The number of tetrazole rings is 1. The third-order valence-electron chi connectivity index (χ3n) is 3.33. The second kappa shape index (κ2) is 6.48. The number of aromatic nitrogens is 7. The number of hydrogen-bond donors (Lipinski definition) is 1. The molecule has 1 N–H and O–H groups in total. The van der Waals surface area contributed by atoms with Crippen LogP contribution in [0, 0.1) is 5.82 Å². The molecular weight excluding hydrogens is 371 g/mol. The second-order valence-electron chi connectivity index (χ2n) is 5.07. The quantitative estimate of drug-likeness (QED) is 0.648. The Bertz CT molecular complexity index is 1140. The Hall–Kier alpha value is -3.41. The summed E-state index contributed by atoms with van der Waals surface area (Å²) >= 11 is 5.93. The fourth-order valence-electron chi connectivity index (χ4n) is 2.09. The van der Waals surface area contributed by atoms with Crippen LogP contribution in [0.3, 0.4) is 0 Å². The first kappa shape index (κ1) is 17.4. The number of carbonyl (C=O) groups is 1. The van der Waals surface area contributed by atoms with E-state index in [2.05, 4.69) is 25.9 Å². The average molecular weight is 381 g/mol. The molecule has 1 amide bonds. The van der Waals surface area contributed by atoms with Gasteiger partial charge in [-0.3, -0.25) is 14.9 Å². The molecule has 0 fully saturated rings. The van der Waals surface area contributed by atoms with Gasteiger partial charge in [-0.2, -0.15) is 5.10 Å². The van der Waals surface area contributed by atoms with E-state index in [-0.39, 0.29) is 16.7 Å². The van der Waals surface area contributed by atoms with Crippen LogP contribution in [-0.4, -0.2) is 40.5 Å². The van der Waals surface area contributed by atoms with Crippen LogP contribution < -0.4 is 16.6 Å². The van der Waals surface area contributed by atoms with Crippen molar-refractivity contribution in [3.63, 3.8) is 0 Å². The molecule has 0 aliphatic rings. The van der Waals surface area contributed by atoms with E-state index < -0.39 is 28.7 Å². The third kappa shape index (κ3) is 2.97. The first-order valence-corrected chi connectivity index (χ1v) is 7.37. The Morgan fingerprint density at radius 3 is 2.58 bits per heavy atom. The minimum absolute atomic E-state index is 0.0311. The predicted molar refractivity (Wildman–Crippen MR) is 86.8 cm³/mol. The van der Waals surface area contributed by atoms with Crippen molar-refractivity contribution in [2.75, 3.05) is 5.32 Å². The number of hydrogen-bond acceptors (Lipinski definition) is 7. The molecule has 2 aromatic heterocycles. The summed E-state index contributed by atoms with van der Waals surface area (Å²) in [7, 11) is 2.72. The van der Waals surface area contributed by atoms with E-state index in [1.807, 2.05) is 0 Å². The Morgan fingerprint density at radius 1 is 1.23 bits per heavy atom. The van der Waals surface area contributed by atoms with E-state index in [0.29, 0.717) is 4.57 Å². The first-order chi connectivity index (χ1) is 12.3. The highest BCUT2D eigenvalue weighted by atomic mass is 35.5. The number of halogens is 2. The van der Waals surface area contributed by atoms with Crippen molar-refractivity contribution >= 4 is 23.5 Å². The van der Waals surface area contributed by atoms with E-state index in [0.717, 1.165) is 27.6 Å². The summed E-state index contributed by atoms with van der Waals surface area (Å²) in [4.78, 5) is 37.3.